The largest absolute Gasteiger partial charge is 0.466 e. The molecule has 1 aliphatic heterocycles. The summed E-state index contributed by atoms with van der Waals surface area (Å²) in [5.41, 5.74) is 0.585. The quantitative estimate of drug-likeness (QED) is 0.495. The predicted octanol–water partition coefficient (Wildman–Crippen LogP) is 1.16. The monoisotopic (exact) mass is 187 g/mol. The van der Waals surface area contributed by atoms with E-state index in [1.165, 1.54) is 7.11 Å². The highest BCUT2D eigenvalue weighted by Crippen LogP contribution is 2.14. The molecule has 3 nitrogen and oxygen atoms in total. The minimum absolute atomic E-state index is 0.0880. The fourth-order valence-corrected chi connectivity index (χ4v) is 1.23. The van der Waals surface area contributed by atoms with Crippen LogP contribution in [0.1, 0.15) is 6.92 Å². The maximum atomic E-state index is 11.1. The summed E-state index contributed by atoms with van der Waals surface area (Å²) < 4.78 is 4.58. The summed E-state index contributed by atoms with van der Waals surface area (Å²) in [6.07, 6.45) is 3.29. The van der Waals surface area contributed by atoms with E-state index >= 15 is 0 Å². The Labute approximate surface area is 76.0 Å². The van der Waals surface area contributed by atoms with Gasteiger partial charge in [-0.25, -0.2) is 4.79 Å². The second-order valence-electron chi connectivity index (χ2n) is 2.49. The number of carbonyl (C=O) groups is 1. The molecule has 0 amide bonds. The van der Waals surface area contributed by atoms with Crippen LogP contribution in [-0.2, 0) is 9.53 Å². The van der Waals surface area contributed by atoms with E-state index in [9.17, 15) is 4.79 Å². The van der Waals surface area contributed by atoms with Crippen LogP contribution in [0.5, 0.6) is 0 Å². The Morgan fingerprint density at radius 3 is 2.83 bits per heavy atom. The van der Waals surface area contributed by atoms with Crippen molar-refractivity contribution in [2.75, 3.05) is 7.11 Å². The summed E-state index contributed by atoms with van der Waals surface area (Å²) in [6, 6.07) is -0.0880. The molecule has 0 aliphatic carbocycles. The van der Waals surface area contributed by atoms with E-state index in [-0.39, 0.29) is 12.0 Å². The molecule has 66 valence electrons. The molecule has 0 aromatic rings. The molecule has 1 aliphatic rings. The molecule has 1 atom stereocenters. The van der Waals surface area contributed by atoms with E-state index in [1.54, 1.807) is 12.2 Å². The maximum Gasteiger partial charge on any atom is 0.335 e. The van der Waals surface area contributed by atoms with Gasteiger partial charge in [0.1, 0.15) is 5.16 Å². The number of hydrogen-bond donors (Lipinski definition) is 1. The molecule has 1 N–H and O–H groups in total. The van der Waals surface area contributed by atoms with Crippen molar-refractivity contribution < 1.29 is 9.53 Å². The molecule has 4 heteroatoms. The number of ether oxygens (including phenoxy) is 1. The zero-order chi connectivity index (χ0) is 9.14. The topological polar surface area (TPSA) is 38.3 Å². The lowest BCUT2D eigenvalue weighted by atomic mass is 10.1. The Balaban J connectivity index is 2.82. The van der Waals surface area contributed by atoms with Crippen molar-refractivity contribution in [3.8, 4) is 0 Å². The molecule has 0 fully saturated rings. The predicted molar refractivity (Wildman–Crippen MR) is 46.6 cm³/mol. The van der Waals surface area contributed by atoms with Crippen LogP contribution in [0.2, 0.25) is 0 Å². The van der Waals surface area contributed by atoms with Crippen LogP contribution in [0.4, 0.5) is 0 Å². The maximum absolute atomic E-state index is 11.1. The van der Waals surface area contributed by atoms with Crippen LogP contribution in [0.25, 0.3) is 0 Å². The first kappa shape index (κ1) is 9.13. The molecule has 1 heterocycles. The van der Waals surface area contributed by atoms with Crippen LogP contribution in [0.15, 0.2) is 22.9 Å². The van der Waals surface area contributed by atoms with Crippen molar-refractivity contribution in [3.05, 3.63) is 22.9 Å². The van der Waals surface area contributed by atoms with Gasteiger partial charge in [-0.1, -0.05) is 11.6 Å². The van der Waals surface area contributed by atoms with Crippen molar-refractivity contribution in [2.45, 2.75) is 13.0 Å². The molecular weight excluding hydrogens is 178 g/mol. The highest BCUT2D eigenvalue weighted by molar-refractivity contribution is 6.29. The molecule has 0 bridgehead atoms. The molecule has 0 radical (unpaired) electrons. The highest BCUT2D eigenvalue weighted by Gasteiger charge is 2.19. The van der Waals surface area contributed by atoms with E-state index in [1.807, 2.05) is 6.92 Å². The first-order chi connectivity index (χ1) is 5.65. The van der Waals surface area contributed by atoms with Gasteiger partial charge in [0.05, 0.1) is 18.7 Å². The molecule has 1 unspecified atom stereocenters. The SMILES string of the molecule is COC(=O)C1=CC=C(Cl)NC1C. The Hall–Kier alpha value is -0.960. The summed E-state index contributed by atoms with van der Waals surface area (Å²) in [6.45, 7) is 1.85. The number of dihydropyridines is 1. The van der Waals surface area contributed by atoms with Gasteiger partial charge in [-0.3, -0.25) is 0 Å². The van der Waals surface area contributed by atoms with Crippen molar-refractivity contribution in [1.82, 2.24) is 5.32 Å². The molecule has 0 saturated carbocycles. The molecule has 0 spiro atoms. The lowest BCUT2D eigenvalue weighted by Gasteiger charge is -2.19. The van der Waals surface area contributed by atoms with Crippen molar-refractivity contribution in [3.63, 3.8) is 0 Å². The van der Waals surface area contributed by atoms with Gasteiger partial charge in [-0.05, 0) is 19.1 Å². The van der Waals surface area contributed by atoms with E-state index in [2.05, 4.69) is 10.1 Å². The van der Waals surface area contributed by atoms with Gasteiger partial charge in [-0.15, -0.1) is 0 Å². The third-order valence-corrected chi connectivity index (χ3v) is 1.89. The number of hydrogen-bond acceptors (Lipinski definition) is 3. The van der Waals surface area contributed by atoms with E-state index in [0.29, 0.717) is 10.7 Å². The van der Waals surface area contributed by atoms with Crippen LogP contribution >= 0.6 is 11.6 Å². The Morgan fingerprint density at radius 2 is 2.33 bits per heavy atom. The van der Waals surface area contributed by atoms with E-state index in [4.69, 9.17) is 11.6 Å². The number of halogens is 1. The highest BCUT2D eigenvalue weighted by atomic mass is 35.5. The lowest BCUT2D eigenvalue weighted by Crippen LogP contribution is -2.31. The molecule has 12 heavy (non-hydrogen) atoms. The minimum Gasteiger partial charge on any atom is -0.466 e. The number of rotatable bonds is 1. The van der Waals surface area contributed by atoms with Crippen LogP contribution < -0.4 is 5.32 Å². The normalized spacial score (nSPS) is 22.1. The number of esters is 1. The number of carbonyl (C=O) groups excluding carboxylic acids is 1. The molecular formula is C8H10ClNO2. The minimum atomic E-state index is -0.324. The van der Waals surface area contributed by atoms with Crippen LogP contribution in [0, 0.1) is 0 Å². The van der Waals surface area contributed by atoms with Gasteiger partial charge in [0.15, 0.2) is 0 Å². The Kier molecular flexibility index (Phi) is 2.76. The molecule has 1 rings (SSSR count). The second-order valence-corrected chi connectivity index (χ2v) is 2.90. The Morgan fingerprint density at radius 1 is 1.67 bits per heavy atom. The second kappa shape index (κ2) is 3.63. The number of nitrogens with one attached hydrogen (secondary N) is 1. The average molecular weight is 188 g/mol. The summed E-state index contributed by atoms with van der Waals surface area (Å²) in [5, 5.41) is 3.44. The van der Waals surface area contributed by atoms with Gasteiger partial charge in [-0.2, -0.15) is 0 Å². The zero-order valence-electron chi connectivity index (χ0n) is 6.93. The smallest absolute Gasteiger partial charge is 0.335 e. The first-order valence-corrected chi connectivity index (χ1v) is 3.95. The number of allylic oxidation sites excluding steroid dienone is 2. The molecule has 0 saturated heterocycles. The fourth-order valence-electron chi connectivity index (χ4n) is 1.00. The number of methoxy groups -OCH3 is 1. The first-order valence-electron chi connectivity index (χ1n) is 3.57. The molecule has 0 aromatic carbocycles. The standard InChI is InChI=1S/C8H10ClNO2/c1-5-6(8(11)12-2)3-4-7(9)10-5/h3-5,10H,1-2H3. The van der Waals surface area contributed by atoms with Gasteiger partial charge in [0.25, 0.3) is 0 Å². The Bertz CT molecular complexity index is 258. The fraction of sp³-hybridized carbons (Fsp3) is 0.375. The summed E-state index contributed by atoms with van der Waals surface area (Å²) in [7, 11) is 1.36. The average Bonchev–Trinajstić information content (AvgIpc) is 2.03. The van der Waals surface area contributed by atoms with Gasteiger partial charge < -0.3 is 10.1 Å². The van der Waals surface area contributed by atoms with Gasteiger partial charge in [0, 0.05) is 0 Å². The van der Waals surface area contributed by atoms with Crippen molar-refractivity contribution >= 4 is 17.6 Å². The lowest BCUT2D eigenvalue weighted by molar-refractivity contribution is -0.136. The summed E-state index contributed by atoms with van der Waals surface area (Å²) in [5.74, 6) is -0.324. The van der Waals surface area contributed by atoms with Crippen LogP contribution in [-0.4, -0.2) is 19.1 Å². The van der Waals surface area contributed by atoms with Gasteiger partial charge >= 0.3 is 5.97 Å². The zero-order valence-corrected chi connectivity index (χ0v) is 7.68. The summed E-state index contributed by atoms with van der Waals surface area (Å²) >= 11 is 5.68. The third-order valence-electron chi connectivity index (χ3n) is 1.65. The third kappa shape index (κ3) is 1.80. The van der Waals surface area contributed by atoms with E-state index < -0.39 is 0 Å². The van der Waals surface area contributed by atoms with Crippen LogP contribution in [0.3, 0.4) is 0 Å². The van der Waals surface area contributed by atoms with Crippen molar-refractivity contribution in [1.29, 1.82) is 0 Å². The molecule has 0 aromatic heterocycles. The summed E-state index contributed by atoms with van der Waals surface area (Å²) in [4.78, 5) is 11.1. The van der Waals surface area contributed by atoms with E-state index in [0.717, 1.165) is 0 Å². The van der Waals surface area contributed by atoms with Crippen molar-refractivity contribution in [2.24, 2.45) is 0 Å². The van der Waals surface area contributed by atoms with Gasteiger partial charge in [0.2, 0.25) is 0 Å².